The average molecular weight is 488 g/mol. The first-order valence-electron chi connectivity index (χ1n) is 10.3. The van der Waals surface area contributed by atoms with Crippen molar-refractivity contribution in [3.63, 3.8) is 0 Å². The fourth-order valence-electron chi connectivity index (χ4n) is 3.02. The molecule has 3 N–H and O–H groups in total. The molecule has 0 unspecified atom stereocenters. The van der Waals surface area contributed by atoms with Crippen LogP contribution in [0, 0.1) is 6.92 Å². The summed E-state index contributed by atoms with van der Waals surface area (Å²) in [6, 6.07) is 13.8. The van der Waals surface area contributed by atoms with Gasteiger partial charge in [0.15, 0.2) is 0 Å². The van der Waals surface area contributed by atoms with Crippen molar-refractivity contribution in [3.8, 4) is 5.75 Å². The van der Waals surface area contributed by atoms with Gasteiger partial charge in [0.25, 0.3) is 21.8 Å². The normalized spacial score (nSPS) is 11.0. The molecule has 1 heterocycles. The number of nitrogens with one attached hydrogen (secondary N) is 3. The maximum Gasteiger partial charge on any atom is 0.279 e. The smallest absolute Gasteiger partial charge is 0.279 e. The SMILES string of the molecule is CCOc1ccc(S(=O)(=O)Nc2ccc(C(=O)NNC(=O)c3cc(CC)c(C)s3)cc2)cc1. The maximum atomic E-state index is 12.6. The molecular weight excluding hydrogens is 462 g/mol. The predicted molar refractivity (Wildman–Crippen MR) is 128 cm³/mol. The average Bonchev–Trinajstić information content (AvgIpc) is 3.19. The Morgan fingerprint density at radius 3 is 2.15 bits per heavy atom. The maximum absolute atomic E-state index is 12.6. The third-order valence-corrected chi connectivity index (χ3v) is 7.25. The number of hydrogen-bond donors (Lipinski definition) is 3. The standard InChI is InChI=1S/C23H25N3O5S2/c1-4-16-14-21(32-15(16)3)23(28)25-24-22(27)17-6-8-18(9-7-17)26-33(29,30)20-12-10-19(11-13-20)31-5-2/h6-14,26H,4-5H2,1-3H3,(H,24,27)(H,25,28). The number of rotatable bonds is 8. The van der Waals surface area contributed by atoms with E-state index in [0.717, 1.165) is 16.9 Å². The molecule has 3 aromatic rings. The van der Waals surface area contributed by atoms with Gasteiger partial charge in [0.05, 0.1) is 16.4 Å². The molecule has 33 heavy (non-hydrogen) atoms. The number of thiophene rings is 1. The van der Waals surface area contributed by atoms with E-state index < -0.39 is 21.8 Å². The van der Waals surface area contributed by atoms with Gasteiger partial charge in [0, 0.05) is 16.1 Å². The van der Waals surface area contributed by atoms with Crippen LogP contribution in [0.1, 0.15) is 44.3 Å². The third-order valence-electron chi connectivity index (χ3n) is 4.76. The summed E-state index contributed by atoms with van der Waals surface area (Å²) in [6.45, 7) is 6.29. The number of sulfonamides is 1. The van der Waals surface area contributed by atoms with Gasteiger partial charge in [-0.25, -0.2) is 8.42 Å². The predicted octanol–water partition coefficient (Wildman–Crippen LogP) is 3.89. The van der Waals surface area contributed by atoms with Crippen LogP contribution in [0.4, 0.5) is 5.69 Å². The summed E-state index contributed by atoms with van der Waals surface area (Å²) in [5.41, 5.74) is 6.42. The van der Waals surface area contributed by atoms with E-state index in [-0.39, 0.29) is 10.5 Å². The molecular formula is C23H25N3O5S2. The fourth-order valence-corrected chi connectivity index (χ4v) is 5.08. The van der Waals surface area contributed by atoms with Crippen LogP contribution in [-0.2, 0) is 16.4 Å². The zero-order valence-corrected chi connectivity index (χ0v) is 20.1. The first-order valence-corrected chi connectivity index (χ1v) is 12.6. The summed E-state index contributed by atoms with van der Waals surface area (Å²) < 4.78 is 32.9. The lowest BCUT2D eigenvalue weighted by atomic mass is 10.2. The number of aryl methyl sites for hydroxylation is 2. The van der Waals surface area contributed by atoms with Crippen molar-refractivity contribution in [2.24, 2.45) is 0 Å². The van der Waals surface area contributed by atoms with Gasteiger partial charge in [-0.1, -0.05) is 6.92 Å². The van der Waals surface area contributed by atoms with Gasteiger partial charge in [-0.3, -0.25) is 25.2 Å². The summed E-state index contributed by atoms with van der Waals surface area (Å²) >= 11 is 1.37. The number of hydrazine groups is 1. The molecule has 8 nitrogen and oxygen atoms in total. The van der Waals surface area contributed by atoms with Gasteiger partial charge >= 0.3 is 0 Å². The lowest BCUT2D eigenvalue weighted by Crippen LogP contribution is -2.41. The van der Waals surface area contributed by atoms with E-state index in [9.17, 15) is 18.0 Å². The highest BCUT2D eigenvalue weighted by molar-refractivity contribution is 7.92. The van der Waals surface area contributed by atoms with E-state index in [2.05, 4.69) is 15.6 Å². The molecule has 10 heteroatoms. The molecule has 2 aromatic carbocycles. The molecule has 0 saturated carbocycles. The van der Waals surface area contributed by atoms with Gasteiger partial charge in [-0.2, -0.15) is 0 Å². The van der Waals surface area contributed by atoms with E-state index in [1.54, 1.807) is 12.1 Å². The highest BCUT2D eigenvalue weighted by Crippen LogP contribution is 2.22. The minimum absolute atomic E-state index is 0.0885. The number of carbonyl (C=O) groups is 2. The van der Waals surface area contributed by atoms with Crippen molar-refractivity contribution < 1.29 is 22.7 Å². The van der Waals surface area contributed by atoms with Gasteiger partial charge < -0.3 is 4.74 Å². The topological polar surface area (TPSA) is 114 Å². The molecule has 0 spiro atoms. The van der Waals surface area contributed by atoms with Crippen LogP contribution < -0.4 is 20.3 Å². The molecule has 0 aliphatic carbocycles. The molecule has 0 atom stereocenters. The van der Waals surface area contributed by atoms with Crippen LogP contribution in [0.15, 0.2) is 59.5 Å². The third kappa shape index (κ3) is 6.11. The minimum atomic E-state index is -3.80. The molecule has 174 valence electrons. The Kier molecular flexibility index (Phi) is 7.72. The summed E-state index contributed by atoms with van der Waals surface area (Å²) in [6.07, 6.45) is 0.830. The largest absolute Gasteiger partial charge is 0.494 e. The van der Waals surface area contributed by atoms with Crippen LogP contribution in [0.2, 0.25) is 0 Å². The number of carbonyl (C=O) groups excluding carboxylic acids is 2. The Bertz CT molecular complexity index is 1230. The zero-order valence-electron chi connectivity index (χ0n) is 18.5. The highest BCUT2D eigenvalue weighted by atomic mass is 32.2. The number of anilines is 1. The quantitative estimate of drug-likeness (QED) is 0.417. The molecule has 0 radical (unpaired) electrons. The van der Waals surface area contributed by atoms with E-state index >= 15 is 0 Å². The minimum Gasteiger partial charge on any atom is -0.494 e. The van der Waals surface area contributed by atoms with Gasteiger partial charge in [-0.05, 0) is 80.4 Å². The van der Waals surface area contributed by atoms with E-state index in [4.69, 9.17) is 4.74 Å². The number of amides is 2. The second-order valence-corrected chi connectivity index (χ2v) is 9.98. The van der Waals surface area contributed by atoms with Crippen LogP contribution in [0.3, 0.4) is 0 Å². The lowest BCUT2D eigenvalue weighted by Gasteiger charge is -2.10. The molecule has 3 rings (SSSR count). The number of benzene rings is 2. The van der Waals surface area contributed by atoms with E-state index in [1.807, 2.05) is 26.8 Å². The summed E-state index contributed by atoms with van der Waals surface area (Å²) in [5, 5.41) is 0. The van der Waals surface area contributed by atoms with Crippen molar-refractivity contribution in [2.75, 3.05) is 11.3 Å². The Balaban J connectivity index is 1.59. The van der Waals surface area contributed by atoms with Crippen molar-refractivity contribution in [2.45, 2.75) is 32.1 Å². The van der Waals surface area contributed by atoms with Crippen LogP contribution in [0.5, 0.6) is 5.75 Å². The highest BCUT2D eigenvalue weighted by Gasteiger charge is 2.16. The van der Waals surface area contributed by atoms with Crippen molar-refractivity contribution in [3.05, 3.63) is 75.5 Å². The summed E-state index contributed by atoms with van der Waals surface area (Å²) in [4.78, 5) is 26.3. The Labute approximate surface area is 197 Å². The Morgan fingerprint density at radius 2 is 1.58 bits per heavy atom. The first kappa shape index (κ1) is 24.3. The second-order valence-electron chi connectivity index (χ2n) is 7.04. The van der Waals surface area contributed by atoms with Crippen molar-refractivity contribution in [1.29, 1.82) is 0 Å². The van der Waals surface area contributed by atoms with Gasteiger partial charge in [-0.15, -0.1) is 11.3 Å². The second kappa shape index (κ2) is 10.5. The first-order chi connectivity index (χ1) is 15.7. The van der Waals surface area contributed by atoms with Crippen LogP contribution in [-0.4, -0.2) is 26.8 Å². The monoisotopic (exact) mass is 487 g/mol. The molecule has 0 aliphatic rings. The summed E-state index contributed by atoms with van der Waals surface area (Å²) in [5.74, 6) is -0.330. The molecule has 0 saturated heterocycles. The fraction of sp³-hybridized carbons (Fsp3) is 0.217. The molecule has 1 aromatic heterocycles. The van der Waals surface area contributed by atoms with Crippen LogP contribution >= 0.6 is 11.3 Å². The van der Waals surface area contributed by atoms with Gasteiger partial charge in [0.1, 0.15) is 5.75 Å². The Hall–Kier alpha value is -3.37. The van der Waals surface area contributed by atoms with E-state index in [0.29, 0.717) is 22.9 Å². The number of ether oxygens (including phenoxy) is 1. The van der Waals surface area contributed by atoms with Crippen molar-refractivity contribution in [1.82, 2.24) is 10.9 Å². The van der Waals surface area contributed by atoms with Crippen molar-refractivity contribution >= 4 is 38.9 Å². The molecule has 0 aliphatic heterocycles. The summed E-state index contributed by atoms with van der Waals surface area (Å²) in [7, 11) is -3.80. The van der Waals surface area contributed by atoms with E-state index in [1.165, 1.54) is 47.7 Å². The molecule has 2 amide bonds. The Morgan fingerprint density at radius 1 is 0.939 bits per heavy atom. The lowest BCUT2D eigenvalue weighted by molar-refractivity contribution is 0.0849. The zero-order chi connectivity index (χ0) is 24.0. The number of hydrogen-bond acceptors (Lipinski definition) is 6. The van der Waals surface area contributed by atoms with Gasteiger partial charge in [0.2, 0.25) is 0 Å². The molecule has 0 fully saturated rings. The molecule has 0 bridgehead atoms. The van der Waals surface area contributed by atoms with Crippen LogP contribution in [0.25, 0.3) is 0 Å².